The average molecular weight is 455 g/mol. The second-order valence-corrected chi connectivity index (χ2v) is 7.75. The molecule has 0 aliphatic carbocycles. The number of hydrogen-bond donors (Lipinski definition) is 2. The molecule has 2 aromatic carbocycles. The Balaban J connectivity index is 1.62. The minimum atomic E-state index is -0.712. The zero-order chi connectivity index (χ0) is 23.4. The molecule has 9 nitrogen and oxygen atoms in total. The molecule has 3 aromatic rings. The first-order valence-corrected chi connectivity index (χ1v) is 10.8. The number of piperazine rings is 1. The van der Waals surface area contributed by atoms with E-state index in [1.807, 2.05) is 37.3 Å². The monoisotopic (exact) mass is 455 g/mol. The summed E-state index contributed by atoms with van der Waals surface area (Å²) in [6.07, 6.45) is -0.230. The van der Waals surface area contributed by atoms with Gasteiger partial charge in [0.2, 0.25) is 0 Å². The zero-order valence-corrected chi connectivity index (χ0v) is 18.2. The summed E-state index contributed by atoms with van der Waals surface area (Å²) >= 11 is 0. The number of hydrogen-bond acceptors (Lipinski definition) is 6. The van der Waals surface area contributed by atoms with Crippen molar-refractivity contribution in [2.24, 2.45) is 0 Å². The first-order chi connectivity index (χ1) is 16.0. The third-order valence-corrected chi connectivity index (χ3v) is 5.74. The summed E-state index contributed by atoms with van der Waals surface area (Å²) in [6, 6.07) is 14.5. The van der Waals surface area contributed by atoms with Crippen LogP contribution < -0.4 is 15.8 Å². The fourth-order valence-electron chi connectivity index (χ4n) is 4.06. The van der Waals surface area contributed by atoms with E-state index in [2.05, 4.69) is 10.4 Å². The molecular formula is C23H26FN5O4. The molecule has 2 unspecified atom stereocenters. The molecule has 2 N–H and O–H groups in total. The van der Waals surface area contributed by atoms with Gasteiger partial charge in [-0.15, -0.1) is 5.10 Å². The Morgan fingerprint density at radius 3 is 2.64 bits per heavy atom. The summed E-state index contributed by atoms with van der Waals surface area (Å²) in [5.41, 5.74) is 0.914. The lowest BCUT2D eigenvalue weighted by molar-refractivity contribution is 0.0595. The van der Waals surface area contributed by atoms with E-state index in [1.165, 1.54) is 12.1 Å². The SMILES string of the molecule is CCC(c1ccc(F)cc1)n1nc(CO)n(OC(=O)N2CCNCC2c2ccccc2)c1=O. The molecule has 174 valence electrons. The highest BCUT2D eigenvalue weighted by Crippen LogP contribution is 2.23. The second-order valence-electron chi connectivity index (χ2n) is 7.75. The van der Waals surface area contributed by atoms with Gasteiger partial charge < -0.3 is 15.3 Å². The fraction of sp³-hybridized carbons (Fsp3) is 0.348. The molecule has 2 atom stereocenters. The van der Waals surface area contributed by atoms with E-state index in [1.54, 1.807) is 17.0 Å². The molecule has 1 amide bonds. The van der Waals surface area contributed by atoms with E-state index in [9.17, 15) is 19.1 Å². The molecule has 4 rings (SSSR count). The molecule has 1 aromatic heterocycles. The topological polar surface area (TPSA) is 102 Å². The molecule has 0 radical (unpaired) electrons. The van der Waals surface area contributed by atoms with Crippen LogP contribution >= 0.6 is 0 Å². The Hall–Kier alpha value is -3.50. The van der Waals surface area contributed by atoms with Crippen molar-refractivity contribution in [1.82, 2.24) is 24.7 Å². The standard InChI is InChI=1S/C23H26FN5O4/c1-2-19(17-8-10-18(24)11-9-17)28-22(31)29(21(15-30)26-28)33-23(32)27-13-12-25-14-20(27)16-6-4-3-5-7-16/h3-11,19-20,25,30H,2,12-15H2,1H3. The third kappa shape index (κ3) is 4.67. The first kappa shape index (κ1) is 22.7. The van der Waals surface area contributed by atoms with Crippen LogP contribution in [-0.4, -0.2) is 50.2 Å². The molecule has 0 bridgehead atoms. The van der Waals surface area contributed by atoms with E-state index >= 15 is 0 Å². The fourth-order valence-corrected chi connectivity index (χ4v) is 4.06. The predicted molar refractivity (Wildman–Crippen MR) is 118 cm³/mol. The summed E-state index contributed by atoms with van der Waals surface area (Å²) in [5.74, 6) is -0.485. The van der Waals surface area contributed by atoms with E-state index in [-0.39, 0.29) is 17.7 Å². The van der Waals surface area contributed by atoms with Crippen molar-refractivity contribution in [3.63, 3.8) is 0 Å². The summed E-state index contributed by atoms with van der Waals surface area (Å²) in [7, 11) is 0. The second kappa shape index (κ2) is 9.97. The summed E-state index contributed by atoms with van der Waals surface area (Å²) in [4.78, 5) is 33.2. The summed E-state index contributed by atoms with van der Waals surface area (Å²) in [6.45, 7) is 2.78. The van der Waals surface area contributed by atoms with Gasteiger partial charge in [0, 0.05) is 19.6 Å². The van der Waals surface area contributed by atoms with E-state index in [4.69, 9.17) is 4.84 Å². The van der Waals surface area contributed by atoms with Crippen LogP contribution in [0.1, 0.15) is 42.4 Å². The Kier molecular flexibility index (Phi) is 6.85. The lowest BCUT2D eigenvalue weighted by Gasteiger charge is -2.35. The maximum absolute atomic E-state index is 13.3. The molecule has 0 saturated carbocycles. The van der Waals surface area contributed by atoms with Gasteiger partial charge in [0.1, 0.15) is 12.4 Å². The van der Waals surface area contributed by atoms with Crippen LogP contribution in [-0.2, 0) is 6.61 Å². The molecule has 1 aliphatic heterocycles. The smallest absolute Gasteiger partial charge is 0.388 e. The zero-order valence-electron chi connectivity index (χ0n) is 18.2. The van der Waals surface area contributed by atoms with Crippen molar-refractivity contribution < 1.29 is 19.1 Å². The van der Waals surface area contributed by atoms with Crippen LogP contribution in [0.25, 0.3) is 0 Å². The van der Waals surface area contributed by atoms with Crippen molar-refractivity contribution >= 4 is 6.09 Å². The molecule has 33 heavy (non-hydrogen) atoms. The Morgan fingerprint density at radius 1 is 1.24 bits per heavy atom. The van der Waals surface area contributed by atoms with Gasteiger partial charge in [-0.05, 0) is 29.7 Å². The lowest BCUT2D eigenvalue weighted by atomic mass is 10.0. The van der Waals surface area contributed by atoms with Gasteiger partial charge >= 0.3 is 11.8 Å². The Morgan fingerprint density at radius 2 is 1.97 bits per heavy atom. The molecule has 1 fully saturated rings. The molecule has 0 spiro atoms. The molecule has 10 heteroatoms. The Bertz CT molecular complexity index is 1150. The lowest BCUT2D eigenvalue weighted by Crippen LogP contribution is -2.51. The van der Waals surface area contributed by atoms with Crippen LogP contribution in [0.15, 0.2) is 59.4 Å². The summed E-state index contributed by atoms with van der Waals surface area (Å²) < 4.78 is 15.2. The van der Waals surface area contributed by atoms with E-state index in [0.29, 0.717) is 31.6 Å². The summed E-state index contributed by atoms with van der Waals surface area (Å²) in [5, 5.41) is 17.2. The number of benzene rings is 2. The van der Waals surface area contributed by atoms with Crippen molar-refractivity contribution in [2.45, 2.75) is 32.0 Å². The highest BCUT2D eigenvalue weighted by Gasteiger charge is 2.31. The number of aliphatic hydroxyl groups is 1. The number of aliphatic hydroxyl groups excluding tert-OH is 1. The largest absolute Gasteiger partial charge is 0.435 e. The van der Waals surface area contributed by atoms with Crippen LogP contribution in [0.3, 0.4) is 0 Å². The van der Waals surface area contributed by atoms with Crippen LogP contribution in [0.2, 0.25) is 0 Å². The minimum absolute atomic E-state index is 0.0969. The molecular weight excluding hydrogens is 429 g/mol. The molecule has 1 aliphatic rings. The van der Waals surface area contributed by atoms with E-state index in [0.717, 1.165) is 15.0 Å². The maximum Gasteiger partial charge on any atom is 0.435 e. The number of rotatable bonds is 6. The highest BCUT2D eigenvalue weighted by atomic mass is 19.1. The normalized spacial score (nSPS) is 17.1. The number of aromatic nitrogens is 3. The number of nitrogens with zero attached hydrogens (tertiary/aromatic N) is 4. The highest BCUT2D eigenvalue weighted by molar-refractivity contribution is 5.69. The predicted octanol–water partition coefficient (Wildman–Crippen LogP) is 1.87. The van der Waals surface area contributed by atoms with Gasteiger partial charge in [0.25, 0.3) is 0 Å². The van der Waals surface area contributed by atoms with Crippen LogP contribution in [0, 0.1) is 5.82 Å². The Labute approximate surface area is 190 Å². The van der Waals surface area contributed by atoms with Gasteiger partial charge in [-0.25, -0.2) is 18.7 Å². The van der Waals surface area contributed by atoms with Crippen molar-refractivity contribution in [3.05, 3.63) is 87.9 Å². The average Bonchev–Trinajstić information content (AvgIpc) is 3.16. The van der Waals surface area contributed by atoms with Gasteiger partial charge in [0.15, 0.2) is 5.82 Å². The first-order valence-electron chi connectivity index (χ1n) is 10.8. The number of halogens is 1. The maximum atomic E-state index is 13.3. The van der Waals surface area contributed by atoms with Crippen molar-refractivity contribution in [2.75, 3.05) is 19.6 Å². The van der Waals surface area contributed by atoms with Crippen molar-refractivity contribution in [1.29, 1.82) is 0 Å². The number of carbonyl (C=O) groups is 1. The van der Waals surface area contributed by atoms with Crippen LogP contribution in [0.5, 0.6) is 0 Å². The van der Waals surface area contributed by atoms with Gasteiger partial charge in [-0.2, -0.15) is 0 Å². The number of carbonyl (C=O) groups excluding carboxylic acids is 1. The molecule has 2 heterocycles. The minimum Gasteiger partial charge on any atom is -0.388 e. The van der Waals surface area contributed by atoms with E-state index < -0.39 is 24.4 Å². The van der Waals surface area contributed by atoms with Gasteiger partial charge in [0.05, 0.1) is 12.1 Å². The number of nitrogens with one attached hydrogen (secondary N) is 1. The number of amides is 1. The van der Waals surface area contributed by atoms with Gasteiger partial charge in [-0.3, -0.25) is 4.90 Å². The van der Waals surface area contributed by atoms with Gasteiger partial charge in [-0.1, -0.05) is 54.1 Å². The van der Waals surface area contributed by atoms with Crippen LogP contribution in [0.4, 0.5) is 9.18 Å². The van der Waals surface area contributed by atoms with Crippen molar-refractivity contribution in [3.8, 4) is 0 Å². The molecule has 1 saturated heterocycles. The third-order valence-electron chi connectivity index (χ3n) is 5.74. The quantitative estimate of drug-likeness (QED) is 0.589.